The van der Waals surface area contributed by atoms with Crippen molar-refractivity contribution in [1.82, 2.24) is 0 Å². The largest absolute Gasteiger partial charge is 0.388 e. The van der Waals surface area contributed by atoms with Crippen molar-refractivity contribution in [1.29, 1.82) is 0 Å². The quantitative estimate of drug-likeness (QED) is 0.867. The van der Waals surface area contributed by atoms with Crippen LogP contribution >= 0.6 is 27.5 Å². The maximum absolute atomic E-state index is 13.3. The van der Waals surface area contributed by atoms with Crippen molar-refractivity contribution in [3.8, 4) is 0 Å². The van der Waals surface area contributed by atoms with Crippen molar-refractivity contribution in [3.63, 3.8) is 0 Å². The fraction of sp³-hybridized carbons (Fsp3) is 0.200. The summed E-state index contributed by atoms with van der Waals surface area (Å²) in [5, 5.41) is 11.0. The number of aliphatic hydroxyl groups is 1. The molecule has 3 N–H and O–H groups in total. The lowest BCUT2D eigenvalue weighted by atomic mass is 9.89. The number of hydrogen-bond donors (Lipinski definition) is 2. The second kappa shape index (κ2) is 6.68. The van der Waals surface area contributed by atoms with Gasteiger partial charge in [-0.15, -0.1) is 0 Å². The van der Waals surface area contributed by atoms with Gasteiger partial charge in [0.1, 0.15) is 5.82 Å². The van der Waals surface area contributed by atoms with Gasteiger partial charge >= 0.3 is 0 Å². The van der Waals surface area contributed by atoms with Gasteiger partial charge in [-0.1, -0.05) is 29.8 Å². The highest BCUT2D eigenvalue weighted by Gasteiger charge is 2.22. The Morgan fingerprint density at radius 2 is 1.95 bits per heavy atom. The summed E-state index contributed by atoms with van der Waals surface area (Å²) in [6.07, 6.45) is -0.840. The third-order valence-corrected chi connectivity index (χ3v) is 4.43. The Hall–Kier alpha value is -0.940. The molecule has 20 heavy (non-hydrogen) atoms. The molecule has 0 fully saturated rings. The van der Waals surface area contributed by atoms with E-state index < -0.39 is 6.10 Å². The monoisotopic (exact) mass is 357 g/mol. The van der Waals surface area contributed by atoms with Gasteiger partial charge in [0.15, 0.2) is 0 Å². The van der Waals surface area contributed by atoms with E-state index in [-0.39, 0.29) is 18.3 Å². The van der Waals surface area contributed by atoms with Crippen LogP contribution in [0.3, 0.4) is 0 Å². The first kappa shape index (κ1) is 15.4. The van der Waals surface area contributed by atoms with Crippen LogP contribution in [0.4, 0.5) is 4.39 Å². The van der Waals surface area contributed by atoms with E-state index in [1.165, 1.54) is 12.1 Å². The van der Waals surface area contributed by atoms with E-state index >= 15 is 0 Å². The summed E-state index contributed by atoms with van der Waals surface area (Å²) < 4.78 is 14.1. The minimum atomic E-state index is -0.840. The van der Waals surface area contributed by atoms with E-state index in [4.69, 9.17) is 17.3 Å². The minimum Gasteiger partial charge on any atom is -0.388 e. The summed E-state index contributed by atoms with van der Waals surface area (Å²) in [5.74, 6) is -0.732. The average Bonchev–Trinajstić information content (AvgIpc) is 2.42. The smallest absolute Gasteiger partial charge is 0.123 e. The Balaban J connectivity index is 2.33. The molecule has 2 rings (SSSR count). The van der Waals surface area contributed by atoms with E-state index in [0.717, 1.165) is 4.47 Å². The van der Waals surface area contributed by atoms with Crippen LogP contribution in [0.2, 0.25) is 5.02 Å². The molecule has 5 heteroatoms. The number of halogens is 3. The molecule has 0 amide bonds. The highest BCUT2D eigenvalue weighted by Crippen LogP contribution is 2.33. The summed E-state index contributed by atoms with van der Waals surface area (Å²) in [6.45, 7) is 0.207. The van der Waals surface area contributed by atoms with E-state index in [1.54, 1.807) is 30.3 Å². The number of rotatable bonds is 4. The van der Waals surface area contributed by atoms with E-state index in [0.29, 0.717) is 16.1 Å². The van der Waals surface area contributed by atoms with Crippen LogP contribution in [0, 0.1) is 5.82 Å². The van der Waals surface area contributed by atoms with Gasteiger partial charge in [0, 0.05) is 16.9 Å². The molecule has 0 aromatic heterocycles. The zero-order chi connectivity index (χ0) is 14.7. The standard InChI is InChI=1S/C15H14BrClFNO/c16-13-5-4-10(7-14(13)17)15(20)12(8-19)9-2-1-3-11(18)6-9/h1-7,12,15,20H,8,19H2. The van der Waals surface area contributed by atoms with Crippen molar-refractivity contribution >= 4 is 27.5 Å². The first-order chi connectivity index (χ1) is 9.52. The fourth-order valence-corrected chi connectivity index (χ4v) is 2.55. The van der Waals surface area contributed by atoms with Gasteiger partial charge in [0.25, 0.3) is 0 Å². The average molecular weight is 359 g/mol. The maximum Gasteiger partial charge on any atom is 0.123 e. The molecule has 0 aliphatic heterocycles. The lowest BCUT2D eigenvalue weighted by Crippen LogP contribution is -2.20. The van der Waals surface area contributed by atoms with Crippen LogP contribution in [0.5, 0.6) is 0 Å². The fourth-order valence-electron chi connectivity index (χ4n) is 2.11. The van der Waals surface area contributed by atoms with Crippen molar-refractivity contribution in [2.75, 3.05) is 6.54 Å². The van der Waals surface area contributed by atoms with Gasteiger partial charge in [-0.3, -0.25) is 0 Å². The molecule has 0 aliphatic carbocycles. The maximum atomic E-state index is 13.3. The van der Waals surface area contributed by atoms with E-state index in [2.05, 4.69) is 15.9 Å². The van der Waals surface area contributed by atoms with Gasteiger partial charge in [0.05, 0.1) is 11.1 Å². The van der Waals surface area contributed by atoms with Crippen molar-refractivity contribution in [3.05, 3.63) is 68.9 Å². The normalized spacial score (nSPS) is 14.1. The SMILES string of the molecule is NCC(c1cccc(F)c1)C(O)c1ccc(Br)c(Cl)c1. The lowest BCUT2D eigenvalue weighted by molar-refractivity contribution is 0.147. The molecule has 2 unspecified atom stereocenters. The van der Waals surface area contributed by atoms with Crippen LogP contribution in [0.1, 0.15) is 23.1 Å². The van der Waals surface area contributed by atoms with Gasteiger partial charge in [-0.05, 0) is 51.3 Å². The molecule has 0 aliphatic rings. The van der Waals surface area contributed by atoms with Gasteiger partial charge in [0.2, 0.25) is 0 Å². The summed E-state index contributed by atoms with van der Waals surface area (Å²) in [4.78, 5) is 0. The van der Waals surface area contributed by atoms with E-state index in [1.807, 2.05) is 0 Å². The number of aliphatic hydroxyl groups excluding tert-OH is 1. The molecule has 0 heterocycles. The lowest BCUT2D eigenvalue weighted by Gasteiger charge is -2.22. The summed E-state index contributed by atoms with van der Waals surface area (Å²) in [7, 11) is 0. The van der Waals surface area contributed by atoms with Crippen LogP contribution in [0.25, 0.3) is 0 Å². The van der Waals surface area contributed by atoms with Crippen LogP contribution in [-0.2, 0) is 0 Å². The van der Waals surface area contributed by atoms with Gasteiger partial charge in [-0.25, -0.2) is 4.39 Å². The molecule has 0 spiro atoms. The molecule has 2 aromatic rings. The van der Waals surface area contributed by atoms with Crippen molar-refractivity contribution in [2.24, 2.45) is 5.73 Å². The molecule has 0 bridgehead atoms. The van der Waals surface area contributed by atoms with Crippen LogP contribution in [0.15, 0.2) is 46.9 Å². The molecule has 2 atom stereocenters. The Kier molecular flexibility index (Phi) is 5.16. The molecular formula is C15H14BrClFNO. The number of hydrogen-bond acceptors (Lipinski definition) is 2. The van der Waals surface area contributed by atoms with E-state index in [9.17, 15) is 9.50 Å². The highest BCUT2D eigenvalue weighted by atomic mass is 79.9. The molecule has 0 saturated heterocycles. The zero-order valence-electron chi connectivity index (χ0n) is 10.6. The predicted octanol–water partition coefficient (Wildman–Crippen LogP) is 4.02. The summed E-state index contributed by atoms with van der Waals surface area (Å²) in [5.41, 5.74) is 7.05. The molecule has 106 valence electrons. The van der Waals surface area contributed by atoms with Gasteiger partial charge in [-0.2, -0.15) is 0 Å². The number of benzene rings is 2. The second-order valence-corrected chi connectivity index (χ2v) is 5.78. The van der Waals surface area contributed by atoms with Crippen molar-refractivity contribution in [2.45, 2.75) is 12.0 Å². The Bertz CT molecular complexity index is 608. The predicted molar refractivity (Wildman–Crippen MR) is 82.3 cm³/mol. The Labute approximate surface area is 130 Å². The molecule has 2 nitrogen and oxygen atoms in total. The highest BCUT2D eigenvalue weighted by molar-refractivity contribution is 9.10. The topological polar surface area (TPSA) is 46.2 Å². The third kappa shape index (κ3) is 3.38. The Morgan fingerprint density at radius 3 is 2.55 bits per heavy atom. The summed E-state index contributed by atoms with van der Waals surface area (Å²) >= 11 is 9.33. The molecule has 2 aromatic carbocycles. The molecular weight excluding hydrogens is 345 g/mol. The first-order valence-electron chi connectivity index (χ1n) is 6.11. The zero-order valence-corrected chi connectivity index (χ0v) is 12.9. The van der Waals surface area contributed by atoms with Crippen molar-refractivity contribution < 1.29 is 9.50 Å². The van der Waals surface area contributed by atoms with Crippen LogP contribution < -0.4 is 5.73 Å². The van der Waals surface area contributed by atoms with Crippen LogP contribution in [-0.4, -0.2) is 11.7 Å². The molecule has 0 saturated carbocycles. The summed E-state index contributed by atoms with van der Waals surface area (Å²) in [6, 6.07) is 11.3. The minimum absolute atomic E-state index is 0.207. The second-order valence-electron chi connectivity index (χ2n) is 4.52. The Morgan fingerprint density at radius 1 is 1.20 bits per heavy atom. The first-order valence-corrected chi connectivity index (χ1v) is 7.28. The van der Waals surface area contributed by atoms with Gasteiger partial charge < -0.3 is 10.8 Å². The third-order valence-electron chi connectivity index (χ3n) is 3.20. The molecule has 0 radical (unpaired) electrons. The number of nitrogens with two attached hydrogens (primary N) is 1.